The SMILES string of the molecule is Cc1ccc(C2=CCN(N3CC=C(c4ccc(OC(F)(F)F)cc4)CC3)CC2)cc1C. The molecule has 0 fully saturated rings. The number of benzene rings is 2. The number of hydrazine groups is 1. The number of aryl methyl sites for hydroxylation is 2. The van der Waals surface area contributed by atoms with E-state index in [9.17, 15) is 13.2 Å². The summed E-state index contributed by atoms with van der Waals surface area (Å²) in [7, 11) is 0. The van der Waals surface area contributed by atoms with Crippen LogP contribution in [0.3, 0.4) is 0 Å². The summed E-state index contributed by atoms with van der Waals surface area (Å²) in [5.74, 6) is -0.186. The summed E-state index contributed by atoms with van der Waals surface area (Å²) in [4.78, 5) is 0. The van der Waals surface area contributed by atoms with Gasteiger partial charge < -0.3 is 4.74 Å². The van der Waals surface area contributed by atoms with Gasteiger partial charge in [0.25, 0.3) is 0 Å². The molecule has 0 aromatic heterocycles. The molecule has 4 rings (SSSR count). The quantitative estimate of drug-likeness (QED) is 0.594. The summed E-state index contributed by atoms with van der Waals surface area (Å²) in [6, 6.07) is 12.8. The van der Waals surface area contributed by atoms with Crippen LogP contribution in [0.4, 0.5) is 13.2 Å². The maximum Gasteiger partial charge on any atom is 0.573 e. The molecule has 164 valence electrons. The molecule has 0 atom stereocenters. The molecule has 0 N–H and O–H groups in total. The Hall–Kier alpha value is -2.57. The molecule has 6 heteroatoms. The summed E-state index contributed by atoms with van der Waals surface area (Å²) in [6.45, 7) is 7.89. The second-order valence-corrected chi connectivity index (χ2v) is 8.16. The Bertz CT molecular complexity index is 993. The lowest BCUT2D eigenvalue weighted by Gasteiger charge is -2.38. The van der Waals surface area contributed by atoms with Gasteiger partial charge in [-0.2, -0.15) is 0 Å². The zero-order chi connectivity index (χ0) is 22.0. The molecule has 0 aliphatic carbocycles. The average Bonchev–Trinajstić information content (AvgIpc) is 2.75. The molecule has 0 saturated heterocycles. The highest BCUT2D eigenvalue weighted by Crippen LogP contribution is 2.29. The predicted octanol–water partition coefficient (Wildman–Crippen LogP) is 6.00. The van der Waals surface area contributed by atoms with E-state index in [1.165, 1.54) is 34.4 Å². The standard InChI is InChI=1S/C25H27F3N2O/c1-18-3-4-23(17-19(18)2)22-11-15-30(16-12-22)29-13-9-21(10-14-29)20-5-7-24(8-6-20)31-25(26,27)28/h3-9,11,17H,10,12-16H2,1-2H3. The molecule has 2 heterocycles. The molecule has 31 heavy (non-hydrogen) atoms. The Kier molecular flexibility index (Phi) is 6.21. The predicted molar refractivity (Wildman–Crippen MR) is 117 cm³/mol. The van der Waals surface area contributed by atoms with E-state index in [-0.39, 0.29) is 5.75 Å². The number of nitrogens with zero attached hydrogens (tertiary/aromatic N) is 2. The van der Waals surface area contributed by atoms with Crippen LogP contribution in [0.2, 0.25) is 0 Å². The Morgan fingerprint density at radius 1 is 0.742 bits per heavy atom. The molecular formula is C25H27F3N2O. The minimum Gasteiger partial charge on any atom is -0.406 e. The third-order valence-electron chi connectivity index (χ3n) is 6.11. The topological polar surface area (TPSA) is 15.7 Å². The van der Waals surface area contributed by atoms with Crippen LogP contribution in [-0.4, -0.2) is 42.6 Å². The lowest BCUT2D eigenvalue weighted by atomic mass is 9.96. The maximum atomic E-state index is 12.3. The molecule has 3 nitrogen and oxygen atoms in total. The lowest BCUT2D eigenvalue weighted by Crippen LogP contribution is -2.46. The van der Waals surface area contributed by atoms with E-state index in [0.29, 0.717) is 0 Å². The highest BCUT2D eigenvalue weighted by Gasteiger charge is 2.31. The first-order valence-electron chi connectivity index (χ1n) is 10.6. The van der Waals surface area contributed by atoms with Gasteiger partial charge in [-0.05, 0) is 72.2 Å². The van der Waals surface area contributed by atoms with E-state index in [1.54, 1.807) is 12.1 Å². The number of hydrogen-bond donors (Lipinski definition) is 0. The van der Waals surface area contributed by atoms with Crippen molar-refractivity contribution in [2.45, 2.75) is 33.1 Å². The summed E-state index contributed by atoms with van der Waals surface area (Å²) in [5.41, 5.74) is 7.49. The first-order valence-corrected chi connectivity index (χ1v) is 10.6. The van der Waals surface area contributed by atoms with Crippen molar-refractivity contribution in [1.82, 2.24) is 10.0 Å². The van der Waals surface area contributed by atoms with Gasteiger partial charge >= 0.3 is 6.36 Å². The first kappa shape index (κ1) is 21.7. The van der Waals surface area contributed by atoms with Crippen molar-refractivity contribution in [2.75, 3.05) is 26.2 Å². The molecule has 2 aliphatic rings. The summed E-state index contributed by atoms with van der Waals surface area (Å²) in [6.07, 6.45) is 1.73. The molecule has 2 aromatic carbocycles. The third kappa shape index (κ3) is 5.38. The molecule has 0 saturated carbocycles. The largest absolute Gasteiger partial charge is 0.573 e. The van der Waals surface area contributed by atoms with Crippen LogP contribution in [-0.2, 0) is 0 Å². The van der Waals surface area contributed by atoms with E-state index < -0.39 is 6.36 Å². The molecule has 0 radical (unpaired) electrons. The maximum absolute atomic E-state index is 12.3. The van der Waals surface area contributed by atoms with Crippen LogP contribution >= 0.6 is 0 Å². The number of ether oxygens (including phenoxy) is 1. The molecule has 0 bridgehead atoms. The van der Waals surface area contributed by atoms with Gasteiger partial charge in [-0.3, -0.25) is 0 Å². The summed E-state index contributed by atoms with van der Waals surface area (Å²) < 4.78 is 40.9. The highest BCUT2D eigenvalue weighted by atomic mass is 19.4. The van der Waals surface area contributed by atoms with Crippen molar-refractivity contribution < 1.29 is 17.9 Å². The Morgan fingerprint density at radius 3 is 1.77 bits per heavy atom. The van der Waals surface area contributed by atoms with Gasteiger partial charge in [0.15, 0.2) is 0 Å². The Labute approximate surface area is 181 Å². The van der Waals surface area contributed by atoms with Crippen LogP contribution in [0.5, 0.6) is 5.75 Å². The van der Waals surface area contributed by atoms with Crippen molar-refractivity contribution in [2.24, 2.45) is 0 Å². The van der Waals surface area contributed by atoms with Crippen LogP contribution in [0, 0.1) is 13.8 Å². The van der Waals surface area contributed by atoms with Gasteiger partial charge in [0, 0.05) is 26.2 Å². The van der Waals surface area contributed by atoms with Crippen LogP contribution < -0.4 is 4.74 Å². The fourth-order valence-corrected chi connectivity index (χ4v) is 4.17. The van der Waals surface area contributed by atoms with Crippen LogP contribution in [0.25, 0.3) is 11.1 Å². The molecule has 0 spiro atoms. The number of halogens is 3. The average molecular weight is 428 g/mol. The van der Waals surface area contributed by atoms with Crippen molar-refractivity contribution in [3.05, 3.63) is 76.9 Å². The monoisotopic (exact) mass is 428 g/mol. The molecule has 2 aliphatic heterocycles. The van der Waals surface area contributed by atoms with E-state index in [4.69, 9.17) is 0 Å². The van der Waals surface area contributed by atoms with Crippen molar-refractivity contribution in [3.63, 3.8) is 0 Å². The zero-order valence-electron chi connectivity index (χ0n) is 17.9. The van der Waals surface area contributed by atoms with Gasteiger partial charge in [-0.1, -0.05) is 42.5 Å². The Morgan fingerprint density at radius 2 is 1.29 bits per heavy atom. The fourth-order valence-electron chi connectivity index (χ4n) is 4.17. The molecular weight excluding hydrogens is 401 g/mol. The number of alkyl halides is 3. The smallest absolute Gasteiger partial charge is 0.406 e. The Balaban J connectivity index is 1.35. The summed E-state index contributed by atoms with van der Waals surface area (Å²) in [5, 5.41) is 4.75. The van der Waals surface area contributed by atoms with Crippen molar-refractivity contribution >= 4 is 11.1 Å². The van der Waals surface area contributed by atoms with E-state index >= 15 is 0 Å². The molecule has 2 aromatic rings. The second-order valence-electron chi connectivity index (χ2n) is 8.16. The second kappa shape index (κ2) is 8.89. The fraction of sp³-hybridized carbons (Fsp3) is 0.360. The molecule has 0 unspecified atom stereocenters. The zero-order valence-corrected chi connectivity index (χ0v) is 17.9. The number of rotatable bonds is 4. The van der Waals surface area contributed by atoms with Gasteiger partial charge in [0.2, 0.25) is 0 Å². The molecule has 0 amide bonds. The van der Waals surface area contributed by atoms with Crippen LogP contribution in [0.1, 0.15) is 35.1 Å². The third-order valence-corrected chi connectivity index (χ3v) is 6.11. The van der Waals surface area contributed by atoms with Gasteiger partial charge in [-0.25, -0.2) is 10.0 Å². The minimum atomic E-state index is -4.66. The van der Waals surface area contributed by atoms with Gasteiger partial charge in [0.05, 0.1) is 0 Å². The van der Waals surface area contributed by atoms with E-state index in [2.05, 4.69) is 59.0 Å². The normalized spacial score (nSPS) is 18.5. The van der Waals surface area contributed by atoms with Gasteiger partial charge in [-0.15, -0.1) is 13.2 Å². The number of hydrogen-bond acceptors (Lipinski definition) is 3. The van der Waals surface area contributed by atoms with Crippen molar-refractivity contribution in [1.29, 1.82) is 0 Å². The highest BCUT2D eigenvalue weighted by molar-refractivity contribution is 5.68. The van der Waals surface area contributed by atoms with Crippen LogP contribution in [0.15, 0.2) is 54.6 Å². The van der Waals surface area contributed by atoms with E-state index in [0.717, 1.165) is 50.2 Å². The van der Waals surface area contributed by atoms with Crippen molar-refractivity contribution in [3.8, 4) is 5.75 Å². The van der Waals surface area contributed by atoms with Gasteiger partial charge in [0.1, 0.15) is 5.75 Å². The lowest BCUT2D eigenvalue weighted by molar-refractivity contribution is -0.274. The first-order chi connectivity index (χ1) is 14.8. The van der Waals surface area contributed by atoms with E-state index in [1.807, 2.05) is 0 Å². The minimum absolute atomic E-state index is 0.186. The summed E-state index contributed by atoms with van der Waals surface area (Å²) >= 11 is 0.